The van der Waals surface area contributed by atoms with Crippen LogP contribution in [0.2, 0.25) is 0 Å². The number of likely N-dealkylation sites (tertiary alicyclic amines) is 1. The number of urea groups is 1. The summed E-state index contributed by atoms with van der Waals surface area (Å²) in [5, 5.41) is 5.94. The molecule has 1 aromatic rings. The summed E-state index contributed by atoms with van der Waals surface area (Å²) in [6.07, 6.45) is 8.18. The maximum Gasteiger partial charge on any atom is 0.315 e. The molecule has 3 fully saturated rings. The number of carbonyl (C=O) groups excluding carboxylic acids is 1. The summed E-state index contributed by atoms with van der Waals surface area (Å²) in [7, 11) is 0. The molecule has 0 spiro atoms. The van der Waals surface area contributed by atoms with Crippen molar-refractivity contribution in [3.8, 4) is 5.88 Å². The van der Waals surface area contributed by atoms with Crippen molar-refractivity contribution in [2.45, 2.75) is 44.7 Å². The molecule has 2 aliphatic carbocycles. The molecule has 2 N–H and O–H groups in total. The molecule has 136 valence electrons. The first-order valence-electron chi connectivity index (χ1n) is 9.60. The highest BCUT2D eigenvalue weighted by atomic mass is 16.5. The minimum Gasteiger partial charge on any atom is -0.477 e. The van der Waals surface area contributed by atoms with Gasteiger partial charge in [0, 0.05) is 37.9 Å². The molecule has 6 nitrogen and oxygen atoms in total. The largest absolute Gasteiger partial charge is 0.477 e. The first kappa shape index (κ1) is 16.6. The molecule has 4 rings (SSSR count). The number of aromatic nitrogens is 1. The van der Waals surface area contributed by atoms with Crippen molar-refractivity contribution in [2.75, 3.05) is 26.2 Å². The van der Waals surface area contributed by atoms with E-state index in [0.29, 0.717) is 24.3 Å². The monoisotopic (exact) mass is 344 g/mol. The first-order chi connectivity index (χ1) is 12.3. The molecule has 1 aliphatic heterocycles. The van der Waals surface area contributed by atoms with Crippen LogP contribution in [-0.2, 0) is 6.54 Å². The smallest absolute Gasteiger partial charge is 0.315 e. The Kier molecular flexibility index (Phi) is 5.06. The van der Waals surface area contributed by atoms with Gasteiger partial charge in [-0.15, -0.1) is 0 Å². The van der Waals surface area contributed by atoms with Gasteiger partial charge < -0.3 is 20.3 Å². The zero-order valence-corrected chi connectivity index (χ0v) is 14.7. The summed E-state index contributed by atoms with van der Waals surface area (Å²) in [6.45, 7) is 4.34. The molecular weight excluding hydrogens is 316 g/mol. The van der Waals surface area contributed by atoms with Crippen LogP contribution in [0.15, 0.2) is 18.3 Å². The van der Waals surface area contributed by atoms with Crippen LogP contribution in [0.5, 0.6) is 5.88 Å². The summed E-state index contributed by atoms with van der Waals surface area (Å²) < 4.78 is 5.68. The number of rotatable bonds is 8. The number of ether oxygens (including phenoxy) is 1. The second-order valence-corrected chi connectivity index (χ2v) is 7.70. The van der Waals surface area contributed by atoms with Gasteiger partial charge in [-0.05, 0) is 62.1 Å². The Morgan fingerprint density at radius 3 is 2.88 bits per heavy atom. The molecule has 0 radical (unpaired) electrons. The normalized spacial score (nSPS) is 23.4. The van der Waals surface area contributed by atoms with Crippen LogP contribution in [0.4, 0.5) is 4.79 Å². The van der Waals surface area contributed by atoms with Gasteiger partial charge in [0.05, 0.1) is 6.61 Å². The van der Waals surface area contributed by atoms with E-state index in [9.17, 15) is 4.79 Å². The summed E-state index contributed by atoms with van der Waals surface area (Å²) >= 11 is 0. The van der Waals surface area contributed by atoms with Crippen LogP contribution < -0.4 is 15.4 Å². The maximum absolute atomic E-state index is 12.0. The fraction of sp³-hybridized carbons (Fsp3) is 0.684. The van der Waals surface area contributed by atoms with E-state index in [1.807, 2.05) is 12.1 Å². The van der Waals surface area contributed by atoms with Crippen LogP contribution in [0.1, 0.15) is 37.7 Å². The highest BCUT2D eigenvalue weighted by Crippen LogP contribution is 2.31. The van der Waals surface area contributed by atoms with Crippen LogP contribution in [0.25, 0.3) is 0 Å². The number of pyridine rings is 1. The van der Waals surface area contributed by atoms with Crippen LogP contribution in [-0.4, -0.2) is 48.2 Å². The van der Waals surface area contributed by atoms with Crippen LogP contribution in [0, 0.1) is 11.8 Å². The van der Waals surface area contributed by atoms with Gasteiger partial charge in [0.2, 0.25) is 5.88 Å². The van der Waals surface area contributed by atoms with Crippen molar-refractivity contribution >= 4 is 6.03 Å². The maximum atomic E-state index is 12.0. The average molecular weight is 344 g/mol. The lowest BCUT2D eigenvalue weighted by atomic mass is 10.1. The van der Waals surface area contributed by atoms with Gasteiger partial charge in [0.25, 0.3) is 0 Å². The molecule has 1 aromatic heterocycles. The van der Waals surface area contributed by atoms with Gasteiger partial charge in [0.15, 0.2) is 0 Å². The number of carbonyl (C=O) groups is 1. The van der Waals surface area contributed by atoms with E-state index in [0.717, 1.165) is 31.3 Å². The van der Waals surface area contributed by atoms with Crippen molar-refractivity contribution < 1.29 is 9.53 Å². The number of nitrogens with one attached hydrogen (secondary N) is 2. The first-order valence-corrected chi connectivity index (χ1v) is 9.60. The third-order valence-electron chi connectivity index (χ3n) is 5.35. The van der Waals surface area contributed by atoms with Crippen molar-refractivity contribution in [2.24, 2.45) is 11.8 Å². The zero-order valence-electron chi connectivity index (χ0n) is 14.7. The van der Waals surface area contributed by atoms with Gasteiger partial charge in [-0.25, -0.2) is 9.78 Å². The van der Waals surface area contributed by atoms with E-state index in [2.05, 4.69) is 20.5 Å². The second kappa shape index (κ2) is 7.60. The Labute approximate surface area is 149 Å². The molecule has 0 bridgehead atoms. The predicted molar refractivity (Wildman–Crippen MR) is 95.4 cm³/mol. The fourth-order valence-electron chi connectivity index (χ4n) is 3.41. The number of nitrogens with zero attached hydrogens (tertiary/aromatic N) is 2. The van der Waals surface area contributed by atoms with Crippen LogP contribution in [0.3, 0.4) is 0 Å². The quantitative estimate of drug-likeness (QED) is 0.758. The minimum atomic E-state index is -0.0952. The summed E-state index contributed by atoms with van der Waals surface area (Å²) in [6, 6.07) is 4.56. The van der Waals surface area contributed by atoms with Gasteiger partial charge in [-0.3, -0.25) is 0 Å². The lowest BCUT2D eigenvalue weighted by Gasteiger charge is -2.15. The SMILES string of the molecule is O=C(NCc1ccnc(OCC2CC2)c1)NC[C@H]1CCN(C2CC2)C1. The number of hydrogen-bond acceptors (Lipinski definition) is 4. The molecule has 2 heterocycles. The molecule has 0 aromatic carbocycles. The molecule has 1 atom stereocenters. The molecule has 25 heavy (non-hydrogen) atoms. The molecule has 1 saturated heterocycles. The van der Waals surface area contributed by atoms with Gasteiger partial charge in [-0.1, -0.05) is 0 Å². The molecule has 0 unspecified atom stereocenters. The summed E-state index contributed by atoms with van der Waals surface area (Å²) in [4.78, 5) is 18.8. The molecule has 6 heteroatoms. The summed E-state index contributed by atoms with van der Waals surface area (Å²) in [5.74, 6) is 1.95. The molecular formula is C19H28N4O2. The minimum absolute atomic E-state index is 0.0952. The molecule has 3 aliphatic rings. The number of hydrogen-bond donors (Lipinski definition) is 2. The lowest BCUT2D eigenvalue weighted by Crippen LogP contribution is -2.38. The predicted octanol–water partition coefficient (Wildman–Crippen LogP) is 2.15. The third-order valence-corrected chi connectivity index (χ3v) is 5.35. The van der Waals surface area contributed by atoms with E-state index < -0.39 is 0 Å². The van der Waals surface area contributed by atoms with E-state index in [1.165, 1.54) is 38.6 Å². The highest BCUT2D eigenvalue weighted by Gasteiger charge is 2.34. The van der Waals surface area contributed by atoms with E-state index >= 15 is 0 Å². The third kappa shape index (κ3) is 5.08. The van der Waals surface area contributed by atoms with E-state index in [1.54, 1.807) is 6.20 Å². The molecule has 2 amide bonds. The lowest BCUT2D eigenvalue weighted by molar-refractivity contribution is 0.238. The number of amides is 2. The average Bonchev–Trinajstić information content (AvgIpc) is 3.56. The van der Waals surface area contributed by atoms with E-state index in [-0.39, 0.29) is 6.03 Å². The van der Waals surface area contributed by atoms with Crippen LogP contribution >= 0.6 is 0 Å². The topological polar surface area (TPSA) is 66.5 Å². The Morgan fingerprint density at radius 2 is 2.08 bits per heavy atom. The zero-order chi connectivity index (χ0) is 17.1. The summed E-state index contributed by atoms with van der Waals surface area (Å²) in [5.41, 5.74) is 1.01. The Balaban J connectivity index is 1.15. The fourth-order valence-corrected chi connectivity index (χ4v) is 3.41. The van der Waals surface area contributed by atoms with E-state index in [4.69, 9.17) is 4.74 Å². The van der Waals surface area contributed by atoms with Crippen molar-refractivity contribution in [3.05, 3.63) is 23.9 Å². The van der Waals surface area contributed by atoms with Gasteiger partial charge >= 0.3 is 6.03 Å². The van der Waals surface area contributed by atoms with Gasteiger partial charge in [0.1, 0.15) is 0 Å². The van der Waals surface area contributed by atoms with Crippen molar-refractivity contribution in [1.82, 2.24) is 20.5 Å². The van der Waals surface area contributed by atoms with Crippen molar-refractivity contribution in [1.29, 1.82) is 0 Å². The molecule has 2 saturated carbocycles. The Bertz CT molecular complexity index is 601. The van der Waals surface area contributed by atoms with Crippen molar-refractivity contribution in [3.63, 3.8) is 0 Å². The Hall–Kier alpha value is -1.82. The van der Waals surface area contributed by atoms with Gasteiger partial charge in [-0.2, -0.15) is 0 Å². The standard InChI is InChI=1S/C19H28N4O2/c24-19(22-11-16-6-8-23(12-16)17-3-4-17)21-10-15-5-7-20-18(9-15)25-13-14-1-2-14/h5,7,9,14,16-17H,1-4,6,8,10-13H2,(H2,21,22,24)/t16-/m1/s1. The highest BCUT2D eigenvalue weighted by molar-refractivity contribution is 5.73. The Morgan fingerprint density at radius 1 is 1.20 bits per heavy atom. The second-order valence-electron chi connectivity index (χ2n) is 7.70.